The van der Waals surface area contributed by atoms with Gasteiger partial charge in [-0.1, -0.05) is 12.5 Å². The summed E-state index contributed by atoms with van der Waals surface area (Å²) < 4.78 is 5.22. The van der Waals surface area contributed by atoms with E-state index in [2.05, 4.69) is 26.5 Å². The van der Waals surface area contributed by atoms with Crippen molar-refractivity contribution < 1.29 is 23.4 Å². The zero-order chi connectivity index (χ0) is 20.5. The number of rotatable bonds is 12. The van der Waals surface area contributed by atoms with Crippen LogP contribution in [-0.4, -0.2) is 48.6 Å². The maximum Gasteiger partial charge on any atom is 0.262 e. The first-order valence-electron chi connectivity index (χ1n) is 9.11. The van der Waals surface area contributed by atoms with Crippen molar-refractivity contribution in [2.45, 2.75) is 44.6 Å². The second kappa shape index (κ2) is 11.5. The van der Waals surface area contributed by atoms with Gasteiger partial charge in [0.25, 0.3) is 11.8 Å². The molecule has 7 nitrogen and oxygen atoms in total. The highest BCUT2D eigenvalue weighted by molar-refractivity contribution is 14.2. The first-order chi connectivity index (χ1) is 13.5. The lowest BCUT2D eigenvalue weighted by Crippen LogP contribution is -2.48. The number of imide groups is 1. The number of nitrogens with zero attached hydrogens (tertiary/aromatic N) is 1. The van der Waals surface area contributed by atoms with E-state index in [9.17, 15) is 19.2 Å². The third-order valence-electron chi connectivity index (χ3n) is 4.64. The molecule has 3 amide bonds. The van der Waals surface area contributed by atoms with Gasteiger partial charge in [0.2, 0.25) is 5.91 Å². The number of carbonyl (C=O) groups is 4. The summed E-state index contributed by atoms with van der Waals surface area (Å²) in [5.41, 5.74) is 1.61. The average molecular weight is 518 g/mol. The van der Waals surface area contributed by atoms with Crippen LogP contribution in [0.4, 0.5) is 0 Å². The Morgan fingerprint density at radius 3 is 2.68 bits per heavy atom. The molecular formula is C19H23IN2O5S. The van der Waals surface area contributed by atoms with Gasteiger partial charge >= 0.3 is 0 Å². The molecule has 0 spiro atoms. The lowest BCUT2D eigenvalue weighted by Gasteiger charge is -2.24. The third kappa shape index (κ3) is 5.54. The largest absolute Gasteiger partial charge is 0.357 e. The topological polar surface area (TPSA) is 92.8 Å². The van der Waals surface area contributed by atoms with Gasteiger partial charge in [0.05, 0.1) is 26.9 Å². The average Bonchev–Trinajstić information content (AvgIpc) is 2.95. The SMILES string of the molecule is CNC(=O)C(CCC=O)N1C(=O)c2ccc(CCCCCOSI)cc2C1=O. The van der Waals surface area contributed by atoms with E-state index < -0.39 is 23.8 Å². The molecule has 1 aromatic rings. The highest BCUT2D eigenvalue weighted by Crippen LogP contribution is 2.28. The van der Waals surface area contributed by atoms with Crippen molar-refractivity contribution in [3.8, 4) is 0 Å². The van der Waals surface area contributed by atoms with E-state index >= 15 is 0 Å². The third-order valence-corrected chi connectivity index (χ3v) is 5.66. The van der Waals surface area contributed by atoms with Gasteiger partial charge in [-0.05, 0) is 43.4 Å². The Kier molecular flexibility index (Phi) is 9.39. The van der Waals surface area contributed by atoms with E-state index in [0.717, 1.165) is 36.1 Å². The zero-order valence-corrected chi connectivity index (χ0v) is 18.6. The number of nitrogens with one attached hydrogen (secondary N) is 1. The maximum atomic E-state index is 12.8. The second-order valence-electron chi connectivity index (χ2n) is 6.43. The van der Waals surface area contributed by atoms with Crippen LogP contribution >= 0.6 is 30.4 Å². The predicted molar refractivity (Wildman–Crippen MR) is 115 cm³/mol. The minimum Gasteiger partial charge on any atom is -0.357 e. The minimum atomic E-state index is -0.984. The fourth-order valence-corrected chi connectivity index (χ4v) is 3.93. The van der Waals surface area contributed by atoms with Crippen LogP contribution in [0.15, 0.2) is 18.2 Å². The first kappa shape index (κ1) is 22.8. The maximum absolute atomic E-state index is 12.8. The Bertz CT molecular complexity index is 743. The molecule has 0 aliphatic carbocycles. The van der Waals surface area contributed by atoms with Crippen molar-refractivity contribution in [2.24, 2.45) is 0 Å². The highest BCUT2D eigenvalue weighted by atomic mass is 127. The summed E-state index contributed by atoms with van der Waals surface area (Å²) in [4.78, 5) is 49.4. The Labute approximate surface area is 180 Å². The van der Waals surface area contributed by atoms with Crippen molar-refractivity contribution in [3.63, 3.8) is 0 Å². The zero-order valence-electron chi connectivity index (χ0n) is 15.6. The Morgan fingerprint density at radius 1 is 1.25 bits per heavy atom. The van der Waals surface area contributed by atoms with Gasteiger partial charge in [0.15, 0.2) is 0 Å². The predicted octanol–water partition coefficient (Wildman–Crippen LogP) is 3.10. The van der Waals surface area contributed by atoms with Gasteiger partial charge in [0.1, 0.15) is 12.3 Å². The number of aryl methyl sites for hydroxylation is 1. The molecule has 1 aliphatic rings. The summed E-state index contributed by atoms with van der Waals surface area (Å²) in [5.74, 6) is -1.42. The molecule has 1 aromatic carbocycles. The lowest BCUT2D eigenvalue weighted by atomic mass is 10.0. The molecule has 0 aromatic heterocycles. The fourth-order valence-electron chi connectivity index (χ4n) is 3.21. The highest BCUT2D eigenvalue weighted by Gasteiger charge is 2.42. The van der Waals surface area contributed by atoms with Crippen molar-refractivity contribution in [2.75, 3.05) is 13.7 Å². The monoisotopic (exact) mass is 518 g/mol. The Morgan fingerprint density at radius 2 is 2.00 bits per heavy atom. The number of aldehydes is 1. The minimum absolute atomic E-state index is 0.0938. The molecular weight excluding hydrogens is 495 g/mol. The lowest BCUT2D eigenvalue weighted by molar-refractivity contribution is -0.124. The number of benzene rings is 1. The molecule has 0 bridgehead atoms. The molecule has 2 rings (SSSR count). The molecule has 1 N–H and O–H groups in total. The first-order valence-corrected chi connectivity index (χ1v) is 12.4. The van der Waals surface area contributed by atoms with E-state index in [1.807, 2.05) is 6.07 Å². The van der Waals surface area contributed by atoms with Crippen LogP contribution < -0.4 is 5.32 Å². The van der Waals surface area contributed by atoms with Crippen LogP contribution in [0.25, 0.3) is 0 Å². The quantitative estimate of drug-likeness (QED) is 0.150. The summed E-state index contributed by atoms with van der Waals surface area (Å²) in [7, 11) is 2.77. The number of unbranched alkanes of at least 4 members (excludes halogenated alkanes) is 2. The van der Waals surface area contributed by atoms with Crippen molar-refractivity contribution in [1.29, 1.82) is 0 Å². The normalized spacial score (nSPS) is 14.1. The molecule has 0 radical (unpaired) electrons. The molecule has 1 aliphatic heterocycles. The van der Waals surface area contributed by atoms with Gasteiger partial charge in [-0.2, -0.15) is 0 Å². The van der Waals surface area contributed by atoms with Crippen LogP contribution in [0.1, 0.15) is 58.4 Å². The Balaban J connectivity index is 2.09. The number of hydrogen-bond acceptors (Lipinski definition) is 6. The Hall–Kier alpha value is -1.46. The molecule has 0 fully saturated rings. The number of carbonyl (C=O) groups excluding carboxylic acids is 4. The standard InChI is InChI=1S/C19H23IN2O5S/c1-21-17(24)16(7-5-10-23)22-18(25)14-9-8-13(12-15(14)19(22)26)6-3-2-4-11-27-28-20/h8-10,12,16H,2-7,11H2,1H3,(H,21,24). The molecule has 1 unspecified atom stereocenters. The van der Waals surface area contributed by atoms with Gasteiger partial charge in [-0.3, -0.25) is 19.3 Å². The summed E-state index contributed by atoms with van der Waals surface area (Å²) >= 11 is 2.09. The smallest absolute Gasteiger partial charge is 0.262 e. The number of likely N-dealkylation sites (N-methyl/N-ethyl adjacent to an activating group) is 1. The summed E-state index contributed by atoms with van der Waals surface area (Å²) in [6, 6.07) is 4.27. The summed E-state index contributed by atoms with van der Waals surface area (Å²) in [5, 5.41) is 2.47. The van der Waals surface area contributed by atoms with Gasteiger partial charge in [-0.15, -0.1) is 0 Å². The number of amides is 3. The van der Waals surface area contributed by atoms with E-state index in [1.54, 1.807) is 12.1 Å². The van der Waals surface area contributed by atoms with Crippen LogP contribution in [0.2, 0.25) is 0 Å². The van der Waals surface area contributed by atoms with Gasteiger partial charge < -0.3 is 14.3 Å². The van der Waals surface area contributed by atoms with Gasteiger partial charge in [0, 0.05) is 34.7 Å². The summed E-state index contributed by atoms with van der Waals surface area (Å²) in [6.07, 6.45) is 4.62. The summed E-state index contributed by atoms with van der Waals surface area (Å²) in [6.45, 7) is 0.710. The molecule has 1 atom stereocenters. The second-order valence-corrected chi connectivity index (χ2v) is 7.87. The van der Waals surface area contributed by atoms with E-state index in [1.165, 1.54) is 16.3 Å². The van der Waals surface area contributed by atoms with E-state index in [0.29, 0.717) is 24.0 Å². The number of halogens is 1. The van der Waals surface area contributed by atoms with Gasteiger partial charge in [-0.25, -0.2) is 0 Å². The van der Waals surface area contributed by atoms with Crippen LogP contribution in [-0.2, 0) is 20.2 Å². The van der Waals surface area contributed by atoms with E-state index in [-0.39, 0.29) is 12.8 Å². The molecule has 0 saturated carbocycles. The molecule has 152 valence electrons. The van der Waals surface area contributed by atoms with Crippen LogP contribution in [0, 0.1) is 0 Å². The van der Waals surface area contributed by atoms with Crippen molar-refractivity contribution in [1.82, 2.24) is 10.2 Å². The van der Waals surface area contributed by atoms with Crippen LogP contribution in [0.5, 0.6) is 0 Å². The number of hydrogen-bond donors (Lipinski definition) is 1. The fraction of sp³-hybridized carbons (Fsp3) is 0.474. The molecule has 28 heavy (non-hydrogen) atoms. The van der Waals surface area contributed by atoms with Crippen molar-refractivity contribution >= 4 is 54.4 Å². The molecule has 0 saturated heterocycles. The van der Waals surface area contributed by atoms with E-state index in [4.69, 9.17) is 4.18 Å². The van der Waals surface area contributed by atoms with Crippen molar-refractivity contribution in [3.05, 3.63) is 34.9 Å². The molecule has 9 heteroatoms. The molecule has 1 heterocycles. The van der Waals surface area contributed by atoms with Crippen LogP contribution in [0.3, 0.4) is 0 Å². The number of fused-ring (bicyclic) bond motifs is 1.